The first-order valence-corrected chi connectivity index (χ1v) is 4.47. The van der Waals surface area contributed by atoms with Crippen LogP contribution in [-0.2, 0) is 6.54 Å². The molecule has 0 atom stereocenters. The summed E-state index contributed by atoms with van der Waals surface area (Å²) in [6, 6.07) is 8.22. The summed E-state index contributed by atoms with van der Waals surface area (Å²) < 4.78 is 12.7. The van der Waals surface area contributed by atoms with Crippen LogP contribution in [0.2, 0.25) is 0 Å². The maximum absolute atomic E-state index is 12.7. The first-order valence-electron chi connectivity index (χ1n) is 4.47. The van der Waals surface area contributed by atoms with Crippen LogP contribution < -0.4 is 5.32 Å². The predicted octanol–water partition coefficient (Wildman–Crippen LogP) is 1.62. The quantitative estimate of drug-likeness (QED) is 0.772. The van der Waals surface area contributed by atoms with Crippen LogP contribution in [0.3, 0.4) is 0 Å². The van der Waals surface area contributed by atoms with E-state index in [-0.39, 0.29) is 0 Å². The summed E-state index contributed by atoms with van der Waals surface area (Å²) in [7, 11) is 0. The molecule has 4 nitrogen and oxygen atoms in total. The van der Waals surface area contributed by atoms with Gasteiger partial charge < -0.3 is 5.32 Å². The second kappa shape index (κ2) is 4.45. The maximum atomic E-state index is 12.7. The van der Waals surface area contributed by atoms with Gasteiger partial charge in [0.1, 0.15) is 5.82 Å². The first kappa shape index (κ1) is 9.51. The van der Waals surface area contributed by atoms with Crippen molar-refractivity contribution in [2.45, 2.75) is 6.54 Å². The molecule has 0 bridgehead atoms. The van der Waals surface area contributed by atoms with E-state index in [2.05, 4.69) is 20.5 Å². The third-order valence-corrected chi connectivity index (χ3v) is 1.79. The predicted molar refractivity (Wildman–Crippen MR) is 53.6 cm³/mol. The van der Waals surface area contributed by atoms with E-state index >= 15 is 0 Å². The van der Waals surface area contributed by atoms with Gasteiger partial charge in [0.25, 0.3) is 0 Å². The second-order valence-corrected chi connectivity index (χ2v) is 2.91. The summed E-state index contributed by atoms with van der Waals surface area (Å²) in [5.41, 5.74) is 0.781. The Morgan fingerprint density at radius 3 is 2.87 bits per heavy atom. The summed E-state index contributed by atoms with van der Waals surface area (Å²) >= 11 is 0. The Kier molecular flexibility index (Phi) is 2.82. The van der Waals surface area contributed by atoms with E-state index in [9.17, 15) is 4.39 Å². The summed E-state index contributed by atoms with van der Waals surface area (Å²) in [6.45, 7) is 0.476. The summed E-state index contributed by atoms with van der Waals surface area (Å²) in [5, 5.41) is 10.6. The molecule has 0 saturated heterocycles. The van der Waals surface area contributed by atoms with Gasteiger partial charge in [0.05, 0.1) is 12.2 Å². The minimum Gasteiger partial charge on any atom is -0.364 e. The van der Waals surface area contributed by atoms with Crippen LogP contribution >= 0.6 is 0 Å². The third-order valence-electron chi connectivity index (χ3n) is 1.79. The number of hydrogen-bond acceptors (Lipinski definition) is 4. The Morgan fingerprint density at radius 2 is 2.13 bits per heavy atom. The molecule has 0 aliphatic heterocycles. The van der Waals surface area contributed by atoms with E-state index in [1.807, 2.05) is 6.07 Å². The largest absolute Gasteiger partial charge is 0.364 e. The fourth-order valence-electron chi connectivity index (χ4n) is 1.12. The number of rotatable bonds is 3. The molecule has 0 aliphatic carbocycles. The fraction of sp³-hybridized carbons (Fsp3) is 0.100. The van der Waals surface area contributed by atoms with Crippen molar-refractivity contribution >= 4 is 5.82 Å². The monoisotopic (exact) mass is 204 g/mol. The van der Waals surface area contributed by atoms with E-state index < -0.39 is 5.95 Å². The molecule has 2 aromatic heterocycles. The summed E-state index contributed by atoms with van der Waals surface area (Å²) in [6.07, 6.45) is 1.60. The molecule has 5 heteroatoms. The molecular formula is C10H9FN4. The second-order valence-electron chi connectivity index (χ2n) is 2.91. The van der Waals surface area contributed by atoms with Gasteiger partial charge >= 0.3 is 0 Å². The Balaban J connectivity index is 1.99. The van der Waals surface area contributed by atoms with Gasteiger partial charge in [-0.2, -0.15) is 14.6 Å². The number of aromatic nitrogens is 3. The molecule has 0 spiro atoms. The van der Waals surface area contributed by atoms with E-state index in [0.717, 1.165) is 5.69 Å². The molecule has 0 radical (unpaired) electrons. The molecule has 1 N–H and O–H groups in total. The lowest BCUT2D eigenvalue weighted by Gasteiger charge is -2.03. The van der Waals surface area contributed by atoms with Crippen molar-refractivity contribution in [2.75, 3.05) is 5.32 Å². The number of pyridine rings is 1. The van der Waals surface area contributed by atoms with Gasteiger partial charge in [0.2, 0.25) is 5.95 Å². The van der Waals surface area contributed by atoms with Crippen LogP contribution in [-0.4, -0.2) is 15.2 Å². The Labute approximate surface area is 86.2 Å². The minimum absolute atomic E-state index is 0.476. The molecule has 2 aromatic rings. The lowest BCUT2D eigenvalue weighted by molar-refractivity contribution is 0.585. The lowest BCUT2D eigenvalue weighted by Crippen LogP contribution is -2.04. The smallest absolute Gasteiger partial charge is 0.214 e. The summed E-state index contributed by atoms with van der Waals surface area (Å²) in [4.78, 5) is 3.66. The van der Waals surface area contributed by atoms with Crippen LogP contribution in [0.4, 0.5) is 10.2 Å². The van der Waals surface area contributed by atoms with Gasteiger partial charge in [0, 0.05) is 6.20 Å². The molecule has 0 aliphatic rings. The number of halogens is 1. The molecule has 0 aromatic carbocycles. The number of anilines is 1. The van der Waals surface area contributed by atoms with Gasteiger partial charge in [-0.15, -0.1) is 0 Å². The van der Waals surface area contributed by atoms with E-state index in [4.69, 9.17) is 0 Å². The highest BCUT2D eigenvalue weighted by Gasteiger charge is 1.97. The third kappa shape index (κ3) is 2.70. The molecule has 0 fully saturated rings. The van der Waals surface area contributed by atoms with Gasteiger partial charge in [-0.3, -0.25) is 0 Å². The zero-order valence-corrected chi connectivity index (χ0v) is 7.89. The highest BCUT2D eigenvalue weighted by molar-refractivity contribution is 5.33. The standard InChI is InChI=1S/C10H9FN4/c11-9-4-1-5-10(14-9)12-7-8-3-2-6-13-15-8/h1-6H,7H2,(H,12,14). The van der Waals surface area contributed by atoms with Crippen LogP contribution in [0.15, 0.2) is 36.5 Å². The minimum atomic E-state index is -0.501. The van der Waals surface area contributed by atoms with Crippen molar-refractivity contribution in [3.8, 4) is 0 Å². The molecule has 15 heavy (non-hydrogen) atoms. The highest BCUT2D eigenvalue weighted by atomic mass is 19.1. The average Bonchev–Trinajstić information content (AvgIpc) is 2.28. The molecule has 0 saturated carbocycles. The van der Waals surface area contributed by atoms with Gasteiger partial charge in [-0.1, -0.05) is 6.07 Å². The van der Waals surface area contributed by atoms with Crippen LogP contribution in [0, 0.1) is 5.95 Å². The van der Waals surface area contributed by atoms with Gasteiger partial charge in [-0.25, -0.2) is 4.98 Å². The van der Waals surface area contributed by atoms with E-state index in [1.165, 1.54) is 6.07 Å². The highest BCUT2D eigenvalue weighted by Crippen LogP contribution is 2.04. The zero-order chi connectivity index (χ0) is 10.5. The number of nitrogens with one attached hydrogen (secondary N) is 1. The first-order chi connectivity index (χ1) is 7.34. The molecule has 0 amide bonds. The van der Waals surface area contributed by atoms with Crippen LogP contribution in [0.5, 0.6) is 0 Å². The SMILES string of the molecule is Fc1cccc(NCc2cccnn2)n1. The Morgan fingerprint density at radius 1 is 1.20 bits per heavy atom. The summed E-state index contributed by atoms with van der Waals surface area (Å²) in [5.74, 6) is -0.0141. The molecule has 2 rings (SSSR count). The number of hydrogen-bond donors (Lipinski definition) is 1. The molecule has 2 heterocycles. The Bertz CT molecular complexity index is 432. The lowest BCUT2D eigenvalue weighted by atomic mass is 10.4. The maximum Gasteiger partial charge on any atom is 0.214 e. The van der Waals surface area contributed by atoms with Crippen molar-refractivity contribution in [1.29, 1.82) is 0 Å². The fourth-order valence-corrected chi connectivity index (χ4v) is 1.12. The molecular weight excluding hydrogens is 195 g/mol. The number of nitrogens with zero attached hydrogens (tertiary/aromatic N) is 3. The van der Waals surface area contributed by atoms with Crippen LogP contribution in [0.25, 0.3) is 0 Å². The van der Waals surface area contributed by atoms with Crippen molar-refractivity contribution in [1.82, 2.24) is 15.2 Å². The van der Waals surface area contributed by atoms with Gasteiger partial charge in [0.15, 0.2) is 0 Å². The van der Waals surface area contributed by atoms with Crippen molar-refractivity contribution in [3.05, 3.63) is 48.2 Å². The van der Waals surface area contributed by atoms with Crippen LogP contribution in [0.1, 0.15) is 5.69 Å². The van der Waals surface area contributed by atoms with E-state index in [1.54, 1.807) is 24.4 Å². The van der Waals surface area contributed by atoms with Crippen molar-refractivity contribution in [3.63, 3.8) is 0 Å². The average molecular weight is 204 g/mol. The normalized spacial score (nSPS) is 9.93. The topological polar surface area (TPSA) is 50.7 Å². The van der Waals surface area contributed by atoms with Crippen molar-refractivity contribution < 1.29 is 4.39 Å². The zero-order valence-electron chi connectivity index (χ0n) is 7.89. The Hall–Kier alpha value is -2.04. The van der Waals surface area contributed by atoms with Gasteiger partial charge in [-0.05, 0) is 24.3 Å². The molecule has 0 unspecified atom stereocenters. The molecule has 76 valence electrons. The van der Waals surface area contributed by atoms with E-state index in [0.29, 0.717) is 12.4 Å². The van der Waals surface area contributed by atoms with Crippen molar-refractivity contribution in [2.24, 2.45) is 0 Å².